The molecule has 3 aromatic rings. The van der Waals surface area contributed by atoms with E-state index in [-0.39, 0.29) is 23.2 Å². The molecule has 0 aliphatic carbocycles. The number of aryl methyl sites for hydroxylation is 1. The fraction of sp³-hybridized carbons (Fsp3) is 0.182. The number of anilines is 1. The van der Waals surface area contributed by atoms with Crippen LogP contribution in [0.25, 0.3) is 11.3 Å². The molecule has 0 unspecified atom stereocenters. The average molecular weight is 390 g/mol. The van der Waals surface area contributed by atoms with Crippen LogP contribution in [0.4, 0.5) is 5.69 Å². The number of amides is 1. The fourth-order valence-electron chi connectivity index (χ4n) is 3.28. The number of Topliss-reactive ketones (excluding diaryl/α,β-unsaturated/α-hetero) is 1. The smallest absolute Gasteiger partial charge is 0.344 e. The van der Waals surface area contributed by atoms with Gasteiger partial charge in [0, 0.05) is 16.8 Å². The minimum Gasteiger partial charge on any atom is -0.454 e. The number of esters is 1. The van der Waals surface area contributed by atoms with Gasteiger partial charge in [0.15, 0.2) is 12.4 Å². The van der Waals surface area contributed by atoms with E-state index >= 15 is 0 Å². The molecule has 0 saturated heterocycles. The third-order valence-electron chi connectivity index (χ3n) is 4.94. The first-order chi connectivity index (χ1) is 14.0. The molecule has 1 aliphatic heterocycles. The van der Waals surface area contributed by atoms with Crippen molar-refractivity contribution in [3.8, 4) is 11.3 Å². The number of hydrogen-bond donors (Lipinski definition) is 1. The summed E-state index contributed by atoms with van der Waals surface area (Å²) in [6.07, 6.45) is 0. The average Bonchev–Trinajstić information content (AvgIpc) is 3.26. The van der Waals surface area contributed by atoms with Crippen molar-refractivity contribution in [2.75, 3.05) is 11.9 Å². The highest BCUT2D eigenvalue weighted by molar-refractivity contribution is 6.05. The lowest BCUT2D eigenvalue weighted by atomic mass is 9.99. The first-order valence-electron chi connectivity index (χ1n) is 9.12. The van der Waals surface area contributed by atoms with E-state index in [0.29, 0.717) is 28.3 Å². The number of rotatable bonds is 5. The van der Waals surface area contributed by atoms with Crippen molar-refractivity contribution >= 4 is 23.3 Å². The Kier molecular flexibility index (Phi) is 4.72. The monoisotopic (exact) mass is 390 g/mol. The zero-order valence-corrected chi connectivity index (χ0v) is 15.9. The Balaban J connectivity index is 1.50. The molecule has 0 fully saturated rings. The summed E-state index contributed by atoms with van der Waals surface area (Å²) >= 11 is 0. The molecule has 1 aliphatic rings. The standard InChI is InChI=1S/C22H18N2O5/c1-12-16-10-15(8-9-17(16)23-21(12)26)18(25)11-28-22(27)19-13(2)29-24-20(19)14-6-4-3-5-7-14/h3-10,12H,11H2,1-2H3,(H,23,26)/t12-/m1/s1. The Morgan fingerprint density at radius 2 is 1.93 bits per heavy atom. The van der Waals surface area contributed by atoms with Crippen LogP contribution in [0.1, 0.15) is 44.9 Å². The predicted octanol–water partition coefficient (Wildman–Crippen LogP) is 3.75. The second kappa shape index (κ2) is 7.35. The molecule has 146 valence electrons. The van der Waals surface area contributed by atoms with Crippen molar-refractivity contribution < 1.29 is 23.6 Å². The predicted molar refractivity (Wildman–Crippen MR) is 105 cm³/mol. The number of carbonyl (C=O) groups excluding carboxylic acids is 3. The van der Waals surface area contributed by atoms with Crippen molar-refractivity contribution in [2.24, 2.45) is 0 Å². The number of nitrogens with zero attached hydrogens (tertiary/aromatic N) is 1. The minimum atomic E-state index is -0.678. The number of nitrogens with one attached hydrogen (secondary N) is 1. The van der Waals surface area contributed by atoms with Crippen molar-refractivity contribution in [1.29, 1.82) is 0 Å². The van der Waals surface area contributed by atoms with Gasteiger partial charge in [0.2, 0.25) is 5.91 Å². The number of ether oxygens (including phenoxy) is 1. The van der Waals surface area contributed by atoms with Crippen LogP contribution in [0.3, 0.4) is 0 Å². The van der Waals surface area contributed by atoms with E-state index in [0.717, 1.165) is 5.56 Å². The van der Waals surface area contributed by atoms with Crippen LogP contribution in [-0.4, -0.2) is 29.4 Å². The third kappa shape index (κ3) is 3.42. The molecule has 29 heavy (non-hydrogen) atoms. The van der Waals surface area contributed by atoms with Crippen LogP contribution in [0, 0.1) is 6.92 Å². The van der Waals surface area contributed by atoms with Crippen molar-refractivity contribution in [3.63, 3.8) is 0 Å². The first kappa shape index (κ1) is 18.6. The number of ketones is 1. The van der Waals surface area contributed by atoms with E-state index in [2.05, 4.69) is 10.5 Å². The maximum atomic E-state index is 12.6. The summed E-state index contributed by atoms with van der Waals surface area (Å²) in [7, 11) is 0. The molecule has 2 aromatic carbocycles. The Hall–Kier alpha value is -3.74. The molecule has 1 atom stereocenters. The molecule has 1 amide bonds. The van der Waals surface area contributed by atoms with Crippen molar-refractivity contribution in [3.05, 3.63) is 71.0 Å². The lowest BCUT2D eigenvalue weighted by Gasteiger charge is -2.07. The quantitative estimate of drug-likeness (QED) is 0.526. The summed E-state index contributed by atoms with van der Waals surface area (Å²) < 4.78 is 10.4. The van der Waals surface area contributed by atoms with Crippen LogP contribution in [0.5, 0.6) is 0 Å². The Morgan fingerprint density at radius 3 is 2.69 bits per heavy atom. The van der Waals surface area contributed by atoms with E-state index in [9.17, 15) is 14.4 Å². The largest absolute Gasteiger partial charge is 0.454 e. The molecule has 2 heterocycles. The van der Waals surface area contributed by atoms with Crippen LogP contribution in [-0.2, 0) is 9.53 Å². The SMILES string of the molecule is Cc1onc(-c2ccccc2)c1C(=O)OCC(=O)c1ccc2c(c1)[C@@H](C)C(=O)N2. The molecule has 4 rings (SSSR count). The molecule has 7 nitrogen and oxygen atoms in total. The fourth-order valence-corrected chi connectivity index (χ4v) is 3.28. The normalized spacial score (nSPS) is 15.0. The molecule has 1 N–H and O–H groups in total. The molecule has 1 aromatic heterocycles. The van der Waals surface area contributed by atoms with E-state index in [1.54, 1.807) is 44.2 Å². The van der Waals surface area contributed by atoms with Crippen molar-refractivity contribution in [2.45, 2.75) is 19.8 Å². The summed E-state index contributed by atoms with van der Waals surface area (Å²) in [5.74, 6) is -1.15. The van der Waals surface area contributed by atoms with Gasteiger partial charge in [0.05, 0.1) is 5.92 Å². The maximum Gasteiger partial charge on any atom is 0.344 e. The van der Waals surface area contributed by atoms with Gasteiger partial charge in [-0.3, -0.25) is 9.59 Å². The number of fused-ring (bicyclic) bond motifs is 1. The van der Waals surface area contributed by atoms with Gasteiger partial charge in [-0.25, -0.2) is 4.79 Å². The summed E-state index contributed by atoms with van der Waals surface area (Å²) in [6.45, 7) is 2.96. The van der Waals surface area contributed by atoms with Gasteiger partial charge < -0.3 is 14.6 Å². The summed E-state index contributed by atoms with van der Waals surface area (Å²) in [4.78, 5) is 36.9. The molecular formula is C22H18N2O5. The molecule has 0 bridgehead atoms. The maximum absolute atomic E-state index is 12.6. The molecular weight excluding hydrogens is 372 g/mol. The highest BCUT2D eigenvalue weighted by Gasteiger charge is 2.28. The Bertz CT molecular complexity index is 1120. The van der Waals surface area contributed by atoms with Gasteiger partial charge >= 0.3 is 5.97 Å². The first-order valence-corrected chi connectivity index (χ1v) is 9.12. The molecule has 0 saturated carbocycles. The van der Waals surface area contributed by atoms with Crippen molar-refractivity contribution in [1.82, 2.24) is 5.16 Å². The van der Waals surface area contributed by atoms with Crippen LogP contribution < -0.4 is 5.32 Å². The number of carbonyl (C=O) groups is 3. The highest BCUT2D eigenvalue weighted by Crippen LogP contribution is 2.33. The summed E-state index contributed by atoms with van der Waals surface area (Å²) in [6, 6.07) is 14.1. The zero-order valence-electron chi connectivity index (χ0n) is 15.9. The molecule has 0 radical (unpaired) electrons. The Labute approximate surface area is 166 Å². The minimum absolute atomic E-state index is 0.104. The van der Waals surface area contributed by atoms with Crippen LogP contribution in [0.15, 0.2) is 53.1 Å². The van der Waals surface area contributed by atoms with E-state index in [4.69, 9.17) is 9.26 Å². The number of aromatic nitrogens is 1. The topological polar surface area (TPSA) is 98.5 Å². The third-order valence-corrected chi connectivity index (χ3v) is 4.94. The Morgan fingerprint density at radius 1 is 1.17 bits per heavy atom. The number of hydrogen-bond acceptors (Lipinski definition) is 6. The lowest BCUT2D eigenvalue weighted by Crippen LogP contribution is -2.15. The van der Waals surface area contributed by atoms with Gasteiger partial charge in [-0.05, 0) is 37.6 Å². The van der Waals surface area contributed by atoms with Gasteiger partial charge in [0.25, 0.3) is 0 Å². The van der Waals surface area contributed by atoms with Gasteiger partial charge in [-0.1, -0.05) is 35.5 Å². The lowest BCUT2D eigenvalue weighted by molar-refractivity contribution is -0.116. The highest BCUT2D eigenvalue weighted by atomic mass is 16.5. The summed E-state index contributed by atoms with van der Waals surface area (Å²) in [5.41, 5.74) is 3.12. The zero-order chi connectivity index (χ0) is 20.5. The van der Waals surface area contributed by atoms with Gasteiger partial charge in [-0.2, -0.15) is 0 Å². The van der Waals surface area contributed by atoms with Crippen LogP contribution in [0.2, 0.25) is 0 Å². The summed E-state index contributed by atoms with van der Waals surface area (Å²) in [5, 5.41) is 6.70. The molecule has 7 heteroatoms. The molecule has 0 spiro atoms. The van der Waals surface area contributed by atoms with Gasteiger partial charge in [-0.15, -0.1) is 0 Å². The van der Waals surface area contributed by atoms with Gasteiger partial charge in [0.1, 0.15) is 17.0 Å². The van der Waals surface area contributed by atoms with E-state index in [1.807, 2.05) is 18.2 Å². The second-order valence-corrected chi connectivity index (χ2v) is 6.84. The second-order valence-electron chi connectivity index (χ2n) is 6.84. The van der Waals surface area contributed by atoms with E-state index in [1.165, 1.54) is 0 Å². The van der Waals surface area contributed by atoms with E-state index < -0.39 is 12.6 Å². The number of benzene rings is 2. The van der Waals surface area contributed by atoms with Crippen LogP contribution >= 0.6 is 0 Å².